The van der Waals surface area contributed by atoms with E-state index in [9.17, 15) is 14.7 Å². The Morgan fingerprint density at radius 2 is 1.89 bits per heavy atom. The van der Waals surface area contributed by atoms with E-state index in [0.29, 0.717) is 13.1 Å². The lowest BCUT2D eigenvalue weighted by molar-refractivity contribution is -0.142. The molecule has 0 radical (unpaired) electrons. The lowest BCUT2D eigenvalue weighted by atomic mass is 10.2. The fraction of sp³-hybridized carbons (Fsp3) is 0.385. The number of phenolic OH excluding ortho intramolecular Hbond substituents is 1. The maximum atomic E-state index is 11.7. The molecule has 0 atom stereocenters. The number of carbonyl (C=O) groups excluding carboxylic acids is 2. The van der Waals surface area contributed by atoms with Crippen LogP contribution in [0.5, 0.6) is 5.75 Å². The summed E-state index contributed by atoms with van der Waals surface area (Å²) in [7, 11) is 0. The highest BCUT2D eigenvalue weighted by molar-refractivity contribution is 6.39. The average molecular weight is 250 g/mol. The molecule has 2 amide bonds. The smallest absolute Gasteiger partial charge is 0.314 e. The Morgan fingerprint density at radius 3 is 2.44 bits per heavy atom. The van der Waals surface area contributed by atoms with Crippen molar-refractivity contribution in [3.05, 3.63) is 23.8 Å². The van der Waals surface area contributed by atoms with Gasteiger partial charge >= 0.3 is 11.8 Å². The molecule has 0 spiro atoms. The Hall–Kier alpha value is -2.04. The van der Waals surface area contributed by atoms with Crippen LogP contribution in [0.1, 0.15) is 19.4 Å². The van der Waals surface area contributed by atoms with E-state index in [1.54, 1.807) is 26.0 Å². The van der Waals surface area contributed by atoms with Crippen LogP contribution in [0.2, 0.25) is 0 Å². The lowest BCUT2D eigenvalue weighted by Crippen LogP contribution is -2.39. The summed E-state index contributed by atoms with van der Waals surface area (Å²) < 4.78 is 0. The van der Waals surface area contributed by atoms with Crippen molar-refractivity contribution in [3.63, 3.8) is 0 Å². The van der Waals surface area contributed by atoms with Crippen molar-refractivity contribution in [1.29, 1.82) is 0 Å². The monoisotopic (exact) mass is 250 g/mol. The van der Waals surface area contributed by atoms with Crippen molar-refractivity contribution < 1.29 is 14.7 Å². The number of aromatic hydroxyl groups is 1. The van der Waals surface area contributed by atoms with Gasteiger partial charge in [-0.15, -0.1) is 0 Å². The van der Waals surface area contributed by atoms with Gasteiger partial charge in [0.15, 0.2) is 0 Å². The van der Waals surface area contributed by atoms with Gasteiger partial charge in [0.2, 0.25) is 0 Å². The van der Waals surface area contributed by atoms with Crippen molar-refractivity contribution in [3.8, 4) is 5.75 Å². The number of carbonyl (C=O) groups is 2. The summed E-state index contributed by atoms with van der Waals surface area (Å²) >= 11 is 0. The second-order valence-electron chi connectivity index (χ2n) is 3.95. The van der Waals surface area contributed by atoms with Crippen LogP contribution >= 0.6 is 0 Å². The number of rotatable bonds is 3. The van der Waals surface area contributed by atoms with Gasteiger partial charge in [-0.3, -0.25) is 9.59 Å². The molecule has 0 bridgehead atoms. The number of likely N-dealkylation sites (N-methyl/N-ethyl adjacent to an activating group) is 1. The van der Waals surface area contributed by atoms with Gasteiger partial charge in [-0.25, -0.2) is 0 Å². The molecule has 2 N–H and O–H groups in total. The zero-order valence-electron chi connectivity index (χ0n) is 10.9. The standard InChI is InChI=1S/C13H18N2O3/c1-4-15(5-2)13(18)12(17)14-10-8-9(3)6-7-11(10)16/h6-8,16H,4-5H2,1-3H3,(H,14,17). The number of aryl methyl sites for hydroxylation is 1. The molecule has 0 heterocycles. The average Bonchev–Trinajstić information content (AvgIpc) is 2.35. The molecule has 0 unspecified atom stereocenters. The second kappa shape index (κ2) is 6.05. The normalized spacial score (nSPS) is 9.94. The Bertz CT molecular complexity index is 454. The van der Waals surface area contributed by atoms with E-state index in [2.05, 4.69) is 5.32 Å². The molecule has 1 aromatic rings. The number of hydrogen-bond donors (Lipinski definition) is 2. The van der Waals surface area contributed by atoms with Gasteiger partial charge in [-0.2, -0.15) is 0 Å². The Morgan fingerprint density at radius 1 is 1.28 bits per heavy atom. The van der Waals surface area contributed by atoms with Crippen molar-refractivity contribution in [2.75, 3.05) is 18.4 Å². The summed E-state index contributed by atoms with van der Waals surface area (Å²) in [5, 5.41) is 12.0. The highest BCUT2D eigenvalue weighted by atomic mass is 16.3. The number of nitrogens with zero attached hydrogens (tertiary/aromatic N) is 1. The first kappa shape index (κ1) is 14.0. The predicted molar refractivity (Wildman–Crippen MR) is 69.4 cm³/mol. The summed E-state index contributed by atoms with van der Waals surface area (Å²) in [6.45, 7) is 6.39. The molecule has 0 aliphatic rings. The number of nitrogens with one attached hydrogen (secondary N) is 1. The van der Waals surface area contributed by atoms with Crippen LogP contribution in [0.25, 0.3) is 0 Å². The van der Waals surface area contributed by atoms with Gasteiger partial charge in [-0.1, -0.05) is 6.07 Å². The van der Waals surface area contributed by atoms with E-state index in [0.717, 1.165) is 5.56 Å². The van der Waals surface area contributed by atoms with E-state index in [4.69, 9.17) is 0 Å². The van der Waals surface area contributed by atoms with Crippen LogP contribution in [0, 0.1) is 6.92 Å². The maximum Gasteiger partial charge on any atom is 0.314 e. The minimum absolute atomic E-state index is 0.0544. The molecule has 5 heteroatoms. The fourth-order valence-corrected chi connectivity index (χ4v) is 1.58. The van der Waals surface area contributed by atoms with Crippen LogP contribution in [0.4, 0.5) is 5.69 Å². The van der Waals surface area contributed by atoms with Crippen LogP contribution in [-0.2, 0) is 9.59 Å². The van der Waals surface area contributed by atoms with E-state index < -0.39 is 11.8 Å². The van der Waals surface area contributed by atoms with Crippen molar-refractivity contribution in [2.24, 2.45) is 0 Å². The topological polar surface area (TPSA) is 69.6 Å². The van der Waals surface area contributed by atoms with Crippen LogP contribution in [0.15, 0.2) is 18.2 Å². The minimum Gasteiger partial charge on any atom is -0.506 e. The summed E-state index contributed by atoms with van der Waals surface area (Å²) in [6.07, 6.45) is 0. The van der Waals surface area contributed by atoms with Crippen LogP contribution in [0.3, 0.4) is 0 Å². The first-order chi connectivity index (χ1) is 8.49. The Labute approximate surface area is 106 Å². The van der Waals surface area contributed by atoms with Crippen LogP contribution < -0.4 is 5.32 Å². The minimum atomic E-state index is -0.736. The highest BCUT2D eigenvalue weighted by Gasteiger charge is 2.20. The highest BCUT2D eigenvalue weighted by Crippen LogP contribution is 2.23. The lowest BCUT2D eigenvalue weighted by Gasteiger charge is -2.18. The van der Waals surface area contributed by atoms with Gasteiger partial charge in [-0.05, 0) is 38.5 Å². The summed E-state index contributed by atoms with van der Waals surface area (Å²) in [5.41, 5.74) is 1.14. The molecule has 18 heavy (non-hydrogen) atoms. The van der Waals surface area contributed by atoms with Gasteiger partial charge in [0, 0.05) is 13.1 Å². The zero-order chi connectivity index (χ0) is 13.7. The number of phenols is 1. The zero-order valence-corrected chi connectivity index (χ0v) is 10.9. The summed E-state index contributed by atoms with van der Waals surface area (Å²) in [5.74, 6) is -1.39. The number of benzene rings is 1. The molecule has 5 nitrogen and oxygen atoms in total. The molecule has 1 aromatic carbocycles. The molecule has 0 saturated heterocycles. The molecule has 0 fully saturated rings. The van der Waals surface area contributed by atoms with Crippen LogP contribution in [-0.4, -0.2) is 34.9 Å². The molecular weight excluding hydrogens is 232 g/mol. The third kappa shape index (κ3) is 3.23. The maximum absolute atomic E-state index is 11.7. The first-order valence-electron chi connectivity index (χ1n) is 5.89. The van der Waals surface area contributed by atoms with Gasteiger partial charge in [0.25, 0.3) is 0 Å². The van der Waals surface area contributed by atoms with E-state index >= 15 is 0 Å². The number of amides is 2. The third-order valence-corrected chi connectivity index (χ3v) is 2.65. The fourth-order valence-electron chi connectivity index (χ4n) is 1.58. The van der Waals surface area contributed by atoms with E-state index in [1.165, 1.54) is 11.0 Å². The third-order valence-electron chi connectivity index (χ3n) is 2.65. The quantitative estimate of drug-likeness (QED) is 0.631. The molecule has 98 valence electrons. The van der Waals surface area contributed by atoms with Crippen molar-refractivity contribution in [2.45, 2.75) is 20.8 Å². The SMILES string of the molecule is CCN(CC)C(=O)C(=O)Nc1cc(C)ccc1O. The Balaban J connectivity index is 2.81. The molecular formula is C13H18N2O3. The van der Waals surface area contributed by atoms with Gasteiger partial charge < -0.3 is 15.3 Å². The first-order valence-corrected chi connectivity index (χ1v) is 5.89. The molecule has 1 rings (SSSR count). The van der Waals surface area contributed by atoms with Gasteiger partial charge in [0.1, 0.15) is 5.75 Å². The Kier molecular flexibility index (Phi) is 4.71. The van der Waals surface area contributed by atoms with Crippen molar-refractivity contribution >= 4 is 17.5 Å². The van der Waals surface area contributed by atoms with E-state index in [-0.39, 0.29) is 11.4 Å². The molecule has 0 aliphatic carbocycles. The molecule has 0 aromatic heterocycles. The number of hydrogen-bond acceptors (Lipinski definition) is 3. The predicted octanol–water partition coefficient (Wildman–Crippen LogP) is 1.51. The summed E-state index contributed by atoms with van der Waals surface area (Å²) in [6, 6.07) is 4.81. The number of anilines is 1. The molecule has 0 aliphatic heterocycles. The summed E-state index contributed by atoms with van der Waals surface area (Å²) in [4.78, 5) is 24.9. The largest absolute Gasteiger partial charge is 0.506 e. The van der Waals surface area contributed by atoms with Gasteiger partial charge in [0.05, 0.1) is 5.69 Å². The second-order valence-corrected chi connectivity index (χ2v) is 3.95. The van der Waals surface area contributed by atoms with E-state index in [1.807, 2.05) is 6.92 Å². The van der Waals surface area contributed by atoms with Crippen molar-refractivity contribution in [1.82, 2.24) is 4.90 Å². The molecule has 0 saturated carbocycles.